The van der Waals surface area contributed by atoms with Crippen molar-refractivity contribution in [3.8, 4) is 0 Å². The molecular weight excluding hydrogens is 482 g/mol. The smallest absolute Gasteiger partial charge is 0.321 e. The molecule has 0 amide bonds. The Balaban J connectivity index is 1.64. The van der Waals surface area contributed by atoms with Gasteiger partial charge in [0.15, 0.2) is 0 Å². The molecule has 0 atom stereocenters. The van der Waals surface area contributed by atoms with Crippen LogP contribution in [0.1, 0.15) is 17.6 Å². The zero-order valence-corrected chi connectivity index (χ0v) is 19.3. The highest BCUT2D eigenvalue weighted by molar-refractivity contribution is 7.98. The zero-order valence-electron chi connectivity index (χ0n) is 16.8. The van der Waals surface area contributed by atoms with Crippen molar-refractivity contribution in [1.82, 2.24) is 19.3 Å². The Morgan fingerprint density at radius 1 is 1.38 bits per heavy atom. The second-order valence-electron chi connectivity index (χ2n) is 6.21. The molecule has 3 rings (SSSR count). The van der Waals surface area contributed by atoms with Gasteiger partial charge in [0, 0.05) is 12.1 Å². The van der Waals surface area contributed by atoms with Crippen molar-refractivity contribution in [3.05, 3.63) is 55.4 Å². The van der Waals surface area contributed by atoms with E-state index in [1.807, 2.05) is 11.6 Å². The molecule has 0 aliphatic heterocycles. The Morgan fingerprint density at radius 3 is 2.78 bits per heavy atom. The summed E-state index contributed by atoms with van der Waals surface area (Å²) < 4.78 is 33.0. The van der Waals surface area contributed by atoms with Crippen LogP contribution in [-0.4, -0.2) is 46.7 Å². The fourth-order valence-corrected chi connectivity index (χ4v) is 4.93. The largest absolute Gasteiger partial charge is 0.458 e. The summed E-state index contributed by atoms with van der Waals surface area (Å²) in [6.45, 7) is 0.851. The summed E-state index contributed by atoms with van der Waals surface area (Å²) in [7, 11) is -4.20. The van der Waals surface area contributed by atoms with Crippen LogP contribution in [0.15, 0.2) is 38.9 Å². The molecule has 2 aromatic heterocycles. The number of nitro benzene ring substituents is 1. The third-order valence-corrected chi connectivity index (χ3v) is 7.32. The molecule has 3 aromatic rings. The van der Waals surface area contributed by atoms with Gasteiger partial charge < -0.3 is 4.74 Å². The van der Waals surface area contributed by atoms with Crippen molar-refractivity contribution in [1.29, 1.82) is 0 Å². The minimum absolute atomic E-state index is 0.195. The van der Waals surface area contributed by atoms with E-state index in [0.717, 1.165) is 27.4 Å². The summed E-state index contributed by atoms with van der Waals surface area (Å²) in [5.74, 6) is -0.913. The molecule has 0 fully saturated rings. The number of benzene rings is 1. The van der Waals surface area contributed by atoms with Gasteiger partial charge in [-0.1, -0.05) is 18.3 Å². The predicted octanol–water partition coefficient (Wildman–Crippen LogP) is 1.37. The number of ether oxygens (including phenoxy) is 1. The number of nitrogens with one attached hydrogen (secondary N) is 1. The van der Waals surface area contributed by atoms with Crippen molar-refractivity contribution in [2.45, 2.75) is 29.7 Å². The average molecular weight is 500 g/mol. The molecule has 1 aromatic carbocycles. The molecule has 15 heteroatoms. The molecule has 0 saturated heterocycles. The number of rotatable bonds is 9. The van der Waals surface area contributed by atoms with Crippen LogP contribution in [0, 0.1) is 10.1 Å². The van der Waals surface area contributed by atoms with Crippen molar-refractivity contribution < 1.29 is 22.9 Å². The SMILES string of the molecule is CCc1nn2c(=O)cc(COC(=O)CNS(=O)(=O)c3ccc(SC)c([N+](=O)[O-])c3)nc2s1. The van der Waals surface area contributed by atoms with Crippen LogP contribution in [0.5, 0.6) is 0 Å². The number of carbonyl (C=O) groups is 1. The van der Waals surface area contributed by atoms with Crippen LogP contribution >= 0.6 is 23.1 Å². The van der Waals surface area contributed by atoms with Crippen LogP contribution < -0.4 is 10.3 Å². The van der Waals surface area contributed by atoms with Crippen LogP contribution in [-0.2, 0) is 32.6 Å². The zero-order chi connectivity index (χ0) is 23.5. The monoisotopic (exact) mass is 499 g/mol. The number of esters is 1. The lowest BCUT2D eigenvalue weighted by Crippen LogP contribution is -2.30. The average Bonchev–Trinajstić information content (AvgIpc) is 3.19. The number of nitro groups is 1. The molecule has 0 saturated carbocycles. The normalized spacial score (nSPS) is 11.6. The molecule has 1 N–H and O–H groups in total. The predicted molar refractivity (Wildman–Crippen MR) is 116 cm³/mol. The molecule has 0 aliphatic rings. The van der Waals surface area contributed by atoms with Gasteiger partial charge in [0.1, 0.15) is 18.2 Å². The summed E-state index contributed by atoms with van der Waals surface area (Å²) >= 11 is 2.34. The lowest BCUT2D eigenvalue weighted by molar-refractivity contribution is -0.387. The molecule has 12 nitrogen and oxygen atoms in total. The molecule has 0 spiro atoms. The molecule has 0 aliphatic carbocycles. The van der Waals surface area contributed by atoms with E-state index in [2.05, 4.69) is 10.1 Å². The lowest BCUT2D eigenvalue weighted by atomic mass is 10.3. The maximum atomic E-state index is 12.4. The highest BCUT2D eigenvalue weighted by Crippen LogP contribution is 2.29. The molecule has 0 bridgehead atoms. The van der Waals surface area contributed by atoms with Crippen molar-refractivity contribution in [2.24, 2.45) is 0 Å². The van der Waals surface area contributed by atoms with Crippen LogP contribution in [0.2, 0.25) is 0 Å². The van der Waals surface area contributed by atoms with Crippen molar-refractivity contribution in [3.63, 3.8) is 0 Å². The molecular formula is C17H17N5O7S3. The van der Waals surface area contributed by atoms with Gasteiger partial charge in [0.25, 0.3) is 11.2 Å². The number of aromatic nitrogens is 3. The van der Waals surface area contributed by atoms with Gasteiger partial charge >= 0.3 is 5.97 Å². The van der Waals surface area contributed by atoms with Gasteiger partial charge in [-0.05, 0) is 24.8 Å². The van der Waals surface area contributed by atoms with E-state index in [1.54, 1.807) is 6.26 Å². The van der Waals surface area contributed by atoms with E-state index in [1.165, 1.54) is 29.5 Å². The topological polar surface area (TPSA) is 163 Å². The molecule has 0 radical (unpaired) electrons. The summed E-state index contributed by atoms with van der Waals surface area (Å²) in [6.07, 6.45) is 2.27. The molecule has 0 unspecified atom stereocenters. The number of carbonyl (C=O) groups excluding carboxylic acids is 1. The number of fused-ring (bicyclic) bond motifs is 1. The van der Waals surface area contributed by atoms with Crippen molar-refractivity contribution in [2.75, 3.05) is 12.8 Å². The third kappa shape index (κ3) is 5.29. The van der Waals surface area contributed by atoms with Crippen LogP contribution in [0.3, 0.4) is 0 Å². The van der Waals surface area contributed by atoms with Gasteiger partial charge in [-0.25, -0.2) is 13.4 Å². The number of hydrogen-bond acceptors (Lipinski definition) is 11. The quantitative estimate of drug-likeness (QED) is 0.197. The highest BCUT2D eigenvalue weighted by Gasteiger charge is 2.22. The third-order valence-electron chi connectivity index (χ3n) is 4.09. The standard InChI is InChI=1S/C17H17N5O7S3/c1-3-14-20-21-15(23)6-10(19-17(21)31-14)9-29-16(24)8-18-32(27,28)11-4-5-13(30-2)12(7-11)22(25)26/h4-7,18H,3,8-9H2,1-2H3. The van der Waals surface area contributed by atoms with E-state index in [9.17, 15) is 28.1 Å². The fourth-order valence-electron chi connectivity index (χ4n) is 2.54. The Kier molecular flexibility index (Phi) is 7.22. The van der Waals surface area contributed by atoms with E-state index in [4.69, 9.17) is 4.74 Å². The van der Waals surface area contributed by atoms with Gasteiger partial charge in [0.05, 0.1) is 20.4 Å². The minimum Gasteiger partial charge on any atom is -0.458 e. The first kappa shape index (κ1) is 23.8. The number of sulfonamides is 1. The van der Waals surface area contributed by atoms with Gasteiger partial charge in [-0.2, -0.15) is 14.3 Å². The maximum absolute atomic E-state index is 12.4. The van der Waals surface area contributed by atoms with Crippen molar-refractivity contribution >= 4 is 49.7 Å². The minimum atomic E-state index is -4.20. The molecule has 32 heavy (non-hydrogen) atoms. The summed E-state index contributed by atoms with van der Waals surface area (Å²) in [4.78, 5) is 39.1. The second kappa shape index (κ2) is 9.72. The Bertz CT molecular complexity index is 1350. The second-order valence-corrected chi connectivity index (χ2v) is 9.86. The highest BCUT2D eigenvalue weighted by atomic mass is 32.2. The summed E-state index contributed by atoms with van der Waals surface area (Å²) in [5, 5.41) is 16.0. The first-order chi connectivity index (χ1) is 15.1. The van der Waals surface area contributed by atoms with E-state index >= 15 is 0 Å². The van der Waals surface area contributed by atoms with Gasteiger partial charge in [-0.15, -0.1) is 11.8 Å². The maximum Gasteiger partial charge on any atom is 0.321 e. The molecule has 170 valence electrons. The van der Waals surface area contributed by atoms with Crippen LogP contribution in [0.4, 0.5) is 5.69 Å². The summed E-state index contributed by atoms with van der Waals surface area (Å²) in [6, 6.07) is 4.62. The van der Waals surface area contributed by atoms with E-state index in [0.29, 0.717) is 16.3 Å². The van der Waals surface area contributed by atoms with Crippen LogP contribution in [0.25, 0.3) is 4.96 Å². The first-order valence-corrected chi connectivity index (χ1v) is 12.5. The Hall–Kier alpha value is -2.88. The molecule has 2 heterocycles. The number of hydrogen-bond donors (Lipinski definition) is 1. The number of thioether (sulfide) groups is 1. The Morgan fingerprint density at radius 2 is 2.12 bits per heavy atom. The van der Waals surface area contributed by atoms with E-state index in [-0.39, 0.29) is 22.9 Å². The summed E-state index contributed by atoms with van der Waals surface area (Å²) in [5.41, 5.74) is -0.584. The van der Waals surface area contributed by atoms with E-state index < -0.39 is 33.0 Å². The van der Waals surface area contributed by atoms with Gasteiger partial charge in [-0.3, -0.25) is 19.7 Å². The Labute approximate surface area is 189 Å². The fraction of sp³-hybridized carbons (Fsp3) is 0.294. The van der Waals surface area contributed by atoms with Gasteiger partial charge in [0.2, 0.25) is 15.0 Å². The lowest BCUT2D eigenvalue weighted by Gasteiger charge is -2.08. The number of aryl methyl sites for hydroxylation is 1. The number of nitrogens with zero attached hydrogens (tertiary/aromatic N) is 4. The first-order valence-electron chi connectivity index (χ1n) is 9.01.